The van der Waals surface area contributed by atoms with Gasteiger partial charge in [-0.2, -0.15) is 0 Å². The molecule has 0 aliphatic rings. The molecule has 0 saturated heterocycles. The van der Waals surface area contributed by atoms with Crippen molar-refractivity contribution in [3.8, 4) is 0 Å². The molecule has 0 saturated carbocycles. The molecule has 2 heterocycles. The second-order valence-corrected chi connectivity index (χ2v) is 5.28. The number of furan rings is 1. The smallest absolute Gasteiger partial charge is 0.328 e. The number of carboxylic acids is 1. The number of nitrogens with zero attached hydrogens (tertiary/aromatic N) is 1. The maximum atomic E-state index is 10.5. The van der Waals surface area contributed by atoms with Gasteiger partial charge in [0.25, 0.3) is 0 Å². The van der Waals surface area contributed by atoms with Crippen LogP contribution in [0.25, 0.3) is 6.08 Å². The van der Waals surface area contributed by atoms with Crippen LogP contribution in [-0.2, 0) is 17.9 Å². The van der Waals surface area contributed by atoms with Crippen LogP contribution in [0.4, 0.5) is 0 Å². The monoisotopic (exact) mass is 277 g/mol. The van der Waals surface area contributed by atoms with Crippen molar-refractivity contribution in [3.05, 3.63) is 52.1 Å². The van der Waals surface area contributed by atoms with Crippen molar-refractivity contribution in [2.45, 2.75) is 13.1 Å². The average molecular weight is 277 g/mol. The molecular formula is C14H15NO3S. The third-order valence-electron chi connectivity index (χ3n) is 2.63. The Morgan fingerprint density at radius 1 is 1.47 bits per heavy atom. The molecule has 5 heteroatoms. The molecule has 1 N–H and O–H groups in total. The predicted molar refractivity (Wildman–Crippen MR) is 74.9 cm³/mol. The van der Waals surface area contributed by atoms with E-state index in [1.807, 2.05) is 24.6 Å². The fraction of sp³-hybridized carbons (Fsp3) is 0.214. The van der Waals surface area contributed by atoms with Crippen LogP contribution in [0.1, 0.15) is 16.0 Å². The van der Waals surface area contributed by atoms with Crippen molar-refractivity contribution < 1.29 is 14.3 Å². The molecule has 0 spiro atoms. The Hall–Kier alpha value is -1.85. The van der Waals surface area contributed by atoms with E-state index in [1.165, 1.54) is 6.08 Å². The van der Waals surface area contributed by atoms with Crippen LogP contribution in [0.2, 0.25) is 0 Å². The van der Waals surface area contributed by atoms with Crippen molar-refractivity contribution >= 4 is 23.4 Å². The van der Waals surface area contributed by atoms with Crippen LogP contribution in [0, 0.1) is 0 Å². The highest BCUT2D eigenvalue weighted by Crippen LogP contribution is 2.20. The summed E-state index contributed by atoms with van der Waals surface area (Å²) < 4.78 is 5.04. The summed E-state index contributed by atoms with van der Waals surface area (Å²) in [6.07, 6.45) is 6.20. The topological polar surface area (TPSA) is 53.7 Å². The van der Waals surface area contributed by atoms with E-state index in [1.54, 1.807) is 29.9 Å². The summed E-state index contributed by atoms with van der Waals surface area (Å²) in [4.78, 5) is 13.9. The zero-order valence-corrected chi connectivity index (χ0v) is 11.4. The molecule has 0 unspecified atom stereocenters. The van der Waals surface area contributed by atoms with E-state index in [-0.39, 0.29) is 0 Å². The molecule has 19 heavy (non-hydrogen) atoms. The molecule has 0 fully saturated rings. The molecule has 4 nitrogen and oxygen atoms in total. The normalized spacial score (nSPS) is 11.5. The lowest BCUT2D eigenvalue weighted by molar-refractivity contribution is -0.131. The van der Waals surface area contributed by atoms with Gasteiger partial charge in [0, 0.05) is 29.6 Å². The first-order chi connectivity index (χ1) is 9.15. The van der Waals surface area contributed by atoms with Crippen molar-refractivity contribution in [1.82, 2.24) is 4.90 Å². The third kappa shape index (κ3) is 4.08. The summed E-state index contributed by atoms with van der Waals surface area (Å²) in [6.45, 7) is 1.58. The van der Waals surface area contributed by atoms with Gasteiger partial charge >= 0.3 is 5.97 Å². The summed E-state index contributed by atoms with van der Waals surface area (Å²) in [5, 5.41) is 10.6. The highest BCUT2D eigenvalue weighted by atomic mass is 32.1. The van der Waals surface area contributed by atoms with E-state index in [2.05, 4.69) is 4.90 Å². The van der Waals surface area contributed by atoms with E-state index in [4.69, 9.17) is 9.52 Å². The molecule has 100 valence electrons. The van der Waals surface area contributed by atoms with Crippen LogP contribution in [-0.4, -0.2) is 23.0 Å². The van der Waals surface area contributed by atoms with Crippen LogP contribution in [0.3, 0.4) is 0 Å². The molecule has 0 atom stereocenters. The Morgan fingerprint density at radius 3 is 3.00 bits per heavy atom. The van der Waals surface area contributed by atoms with Gasteiger partial charge in [-0.15, -0.1) is 11.3 Å². The quantitative estimate of drug-likeness (QED) is 0.824. The Labute approximate surface area is 115 Å². The largest absolute Gasteiger partial charge is 0.478 e. The van der Waals surface area contributed by atoms with Gasteiger partial charge in [-0.1, -0.05) is 0 Å². The van der Waals surface area contributed by atoms with E-state index in [0.29, 0.717) is 0 Å². The number of carbonyl (C=O) groups is 1. The Balaban J connectivity index is 1.99. The second-order valence-electron chi connectivity index (χ2n) is 4.27. The number of carboxylic acid groups (broad SMARTS) is 1. The molecule has 2 aromatic heterocycles. The first-order valence-corrected chi connectivity index (χ1v) is 6.70. The summed E-state index contributed by atoms with van der Waals surface area (Å²) in [7, 11) is 2.03. The van der Waals surface area contributed by atoms with Crippen LogP contribution in [0.15, 0.2) is 40.5 Å². The van der Waals surface area contributed by atoms with Gasteiger partial charge in [0.05, 0.1) is 12.5 Å². The van der Waals surface area contributed by atoms with E-state index < -0.39 is 5.97 Å². The van der Waals surface area contributed by atoms with E-state index >= 15 is 0 Å². The lowest BCUT2D eigenvalue weighted by Crippen LogP contribution is -2.16. The number of rotatable bonds is 6. The number of hydrogen-bond donors (Lipinski definition) is 1. The minimum Gasteiger partial charge on any atom is -0.478 e. The Kier molecular flexibility index (Phi) is 4.54. The van der Waals surface area contributed by atoms with Crippen molar-refractivity contribution in [2.75, 3.05) is 7.05 Å². The van der Waals surface area contributed by atoms with Gasteiger partial charge in [0.1, 0.15) is 0 Å². The number of thiophene rings is 1. The zero-order valence-electron chi connectivity index (χ0n) is 10.6. The molecule has 0 aliphatic carbocycles. The van der Waals surface area contributed by atoms with Crippen LogP contribution < -0.4 is 0 Å². The molecular weight excluding hydrogens is 262 g/mol. The van der Waals surface area contributed by atoms with Gasteiger partial charge in [-0.05, 0) is 36.2 Å². The van der Waals surface area contributed by atoms with Gasteiger partial charge in [0.15, 0.2) is 0 Å². The lowest BCUT2D eigenvalue weighted by atomic mass is 10.2. The fourth-order valence-electron chi connectivity index (χ4n) is 1.78. The average Bonchev–Trinajstić information content (AvgIpc) is 2.98. The van der Waals surface area contributed by atoms with Gasteiger partial charge < -0.3 is 9.52 Å². The van der Waals surface area contributed by atoms with Crippen molar-refractivity contribution in [1.29, 1.82) is 0 Å². The zero-order chi connectivity index (χ0) is 13.7. The van der Waals surface area contributed by atoms with Gasteiger partial charge in [0.2, 0.25) is 0 Å². The minimum absolute atomic E-state index is 0.780. The highest BCUT2D eigenvalue weighted by molar-refractivity contribution is 7.10. The van der Waals surface area contributed by atoms with E-state index in [9.17, 15) is 4.79 Å². The SMILES string of the molecule is CN(Cc1ccoc1)Cc1sccc1C=CC(=O)O. The molecule has 0 radical (unpaired) electrons. The first-order valence-electron chi connectivity index (χ1n) is 5.82. The number of aliphatic carboxylic acids is 1. The minimum atomic E-state index is -0.927. The number of hydrogen-bond acceptors (Lipinski definition) is 4. The summed E-state index contributed by atoms with van der Waals surface area (Å²) >= 11 is 1.63. The van der Waals surface area contributed by atoms with Crippen molar-refractivity contribution in [3.63, 3.8) is 0 Å². The van der Waals surface area contributed by atoms with E-state index in [0.717, 1.165) is 29.1 Å². The van der Waals surface area contributed by atoms with Gasteiger partial charge in [-0.25, -0.2) is 4.79 Å². The maximum absolute atomic E-state index is 10.5. The molecule has 0 aromatic carbocycles. The second kappa shape index (κ2) is 6.36. The predicted octanol–water partition coefficient (Wildman–Crippen LogP) is 3.07. The third-order valence-corrected chi connectivity index (χ3v) is 3.55. The maximum Gasteiger partial charge on any atom is 0.328 e. The first kappa shape index (κ1) is 13.6. The Morgan fingerprint density at radius 2 is 2.32 bits per heavy atom. The summed E-state index contributed by atoms with van der Waals surface area (Å²) in [5.74, 6) is -0.927. The van der Waals surface area contributed by atoms with Gasteiger partial charge in [-0.3, -0.25) is 4.90 Å². The lowest BCUT2D eigenvalue weighted by Gasteiger charge is -2.15. The molecule has 0 amide bonds. The van der Waals surface area contributed by atoms with Crippen LogP contribution in [0.5, 0.6) is 0 Å². The molecule has 2 aromatic rings. The molecule has 2 rings (SSSR count). The summed E-state index contributed by atoms with van der Waals surface area (Å²) in [6, 6.07) is 3.88. The standard InChI is InChI=1S/C14H15NO3S/c1-15(8-11-4-6-18-10-11)9-13-12(5-7-19-13)2-3-14(16)17/h2-7,10H,8-9H2,1H3,(H,16,17). The van der Waals surface area contributed by atoms with Crippen molar-refractivity contribution in [2.24, 2.45) is 0 Å². The fourth-order valence-corrected chi connectivity index (χ4v) is 2.73. The Bertz CT molecular complexity index is 557. The molecule has 0 bridgehead atoms. The summed E-state index contributed by atoms with van der Waals surface area (Å²) in [5.41, 5.74) is 2.09. The van der Waals surface area contributed by atoms with Crippen LogP contribution >= 0.6 is 11.3 Å². The molecule has 0 aliphatic heterocycles. The highest BCUT2D eigenvalue weighted by Gasteiger charge is 2.07.